The van der Waals surface area contributed by atoms with Gasteiger partial charge in [-0.1, -0.05) is 23.7 Å². The predicted octanol–water partition coefficient (Wildman–Crippen LogP) is 5.53. The molecule has 1 fully saturated rings. The lowest BCUT2D eigenvalue weighted by Gasteiger charge is -2.25. The Kier molecular flexibility index (Phi) is 6.70. The van der Waals surface area contributed by atoms with Gasteiger partial charge in [0.15, 0.2) is 0 Å². The summed E-state index contributed by atoms with van der Waals surface area (Å²) in [5.74, 6) is 0.289. The van der Waals surface area contributed by atoms with E-state index < -0.39 is 17.6 Å². The number of carbonyl (C=O) groups is 1. The molecule has 2 aromatic carbocycles. The van der Waals surface area contributed by atoms with Gasteiger partial charge in [-0.25, -0.2) is 0 Å². The third kappa shape index (κ3) is 5.42. The Morgan fingerprint density at radius 2 is 1.97 bits per heavy atom. The van der Waals surface area contributed by atoms with Crippen LogP contribution in [0.25, 0.3) is 0 Å². The number of hydrogen-bond donors (Lipinski definition) is 1. The molecular formula is C21H22ClF3N2O2. The number of carbonyl (C=O) groups excluding carboxylic acids is 1. The summed E-state index contributed by atoms with van der Waals surface area (Å²) in [7, 11) is 0. The van der Waals surface area contributed by atoms with Crippen LogP contribution in [0.3, 0.4) is 0 Å². The van der Waals surface area contributed by atoms with Crippen LogP contribution in [0.15, 0.2) is 42.5 Å². The summed E-state index contributed by atoms with van der Waals surface area (Å²) in [6.07, 6.45) is -2.80. The normalized spacial score (nSPS) is 17.3. The average Bonchev–Trinajstić information content (AvgIpc) is 3.11. The molecule has 0 aromatic heterocycles. The van der Waals surface area contributed by atoms with Gasteiger partial charge in [-0.3, -0.25) is 9.69 Å². The fourth-order valence-electron chi connectivity index (χ4n) is 3.58. The van der Waals surface area contributed by atoms with Crippen molar-refractivity contribution in [3.63, 3.8) is 0 Å². The Hall–Kier alpha value is -2.25. The zero-order valence-corrected chi connectivity index (χ0v) is 16.7. The van der Waals surface area contributed by atoms with E-state index in [1.165, 1.54) is 12.1 Å². The van der Waals surface area contributed by atoms with Crippen molar-refractivity contribution >= 4 is 23.2 Å². The molecule has 0 radical (unpaired) electrons. The SMILES string of the molecule is CCOc1ccc(C2CCCN2CC(=O)Nc2ccc(Cl)cc2C(F)(F)F)cc1. The van der Waals surface area contributed by atoms with E-state index >= 15 is 0 Å². The van der Waals surface area contributed by atoms with Crippen LogP contribution >= 0.6 is 11.6 Å². The van der Waals surface area contributed by atoms with Gasteiger partial charge in [0.25, 0.3) is 0 Å². The highest BCUT2D eigenvalue weighted by Crippen LogP contribution is 2.37. The molecular weight excluding hydrogens is 405 g/mol. The van der Waals surface area contributed by atoms with Crippen molar-refractivity contribution in [3.05, 3.63) is 58.6 Å². The van der Waals surface area contributed by atoms with Crippen LogP contribution in [0.5, 0.6) is 5.75 Å². The van der Waals surface area contributed by atoms with Crippen molar-refractivity contribution < 1.29 is 22.7 Å². The standard InChI is InChI=1S/C21H22ClF3N2O2/c1-2-29-16-8-5-14(6-9-16)19-4-3-11-27(19)13-20(28)26-18-10-7-15(22)12-17(18)21(23,24)25/h5-10,12,19H,2-4,11,13H2,1H3,(H,26,28). The fourth-order valence-corrected chi connectivity index (χ4v) is 3.75. The van der Waals surface area contributed by atoms with Crippen LogP contribution in [0.2, 0.25) is 5.02 Å². The monoisotopic (exact) mass is 426 g/mol. The van der Waals surface area contributed by atoms with Gasteiger partial charge in [0.2, 0.25) is 5.91 Å². The van der Waals surface area contributed by atoms with E-state index in [4.69, 9.17) is 16.3 Å². The van der Waals surface area contributed by atoms with Crippen LogP contribution in [-0.2, 0) is 11.0 Å². The second-order valence-electron chi connectivity index (χ2n) is 6.87. The molecule has 1 aliphatic rings. The maximum Gasteiger partial charge on any atom is 0.418 e. The van der Waals surface area contributed by atoms with Crippen molar-refractivity contribution in [2.75, 3.05) is 25.0 Å². The summed E-state index contributed by atoms with van der Waals surface area (Å²) in [4.78, 5) is 14.5. The second-order valence-corrected chi connectivity index (χ2v) is 7.30. The van der Waals surface area contributed by atoms with Gasteiger partial charge in [-0.05, 0) is 62.2 Å². The van der Waals surface area contributed by atoms with E-state index in [1.54, 1.807) is 0 Å². The maximum atomic E-state index is 13.2. The van der Waals surface area contributed by atoms with Gasteiger partial charge in [0.05, 0.1) is 24.4 Å². The lowest BCUT2D eigenvalue weighted by atomic mass is 10.0. The smallest absolute Gasteiger partial charge is 0.418 e. The number of nitrogens with zero attached hydrogens (tertiary/aromatic N) is 1. The van der Waals surface area contributed by atoms with Gasteiger partial charge >= 0.3 is 6.18 Å². The third-order valence-corrected chi connectivity index (χ3v) is 5.08. The molecule has 0 saturated carbocycles. The highest BCUT2D eigenvalue weighted by atomic mass is 35.5. The summed E-state index contributed by atoms with van der Waals surface area (Å²) < 4.78 is 45.1. The van der Waals surface area contributed by atoms with Crippen LogP contribution < -0.4 is 10.1 Å². The van der Waals surface area contributed by atoms with E-state index in [-0.39, 0.29) is 23.3 Å². The summed E-state index contributed by atoms with van der Waals surface area (Å²) >= 11 is 5.68. The molecule has 0 bridgehead atoms. The first-order valence-electron chi connectivity index (χ1n) is 9.41. The lowest BCUT2D eigenvalue weighted by Crippen LogP contribution is -2.33. The number of benzene rings is 2. The first-order chi connectivity index (χ1) is 13.8. The number of halogens is 4. The number of anilines is 1. The molecule has 3 rings (SSSR count). The molecule has 156 valence electrons. The Bertz CT molecular complexity index is 856. The van der Waals surface area contributed by atoms with Crippen LogP contribution in [0, 0.1) is 0 Å². The molecule has 1 unspecified atom stereocenters. The first kappa shape index (κ1) is 21.5. The Morgan fingerprint density at radius 1 is 1.24 bits per heavy atom. The average molecular weight is 427 g/mol. The Morgan fingerprint density at radius 3 is 2.62 bits per heavy atom. The van der Waals surface area contributed by atoms with Gasteiger partial charge in [-0.2, -0.15) is 13.2 Å². The quantitative estimate of drug-likeness (QED) is 0.660. The van der Waals surface area contributed by atoms with Crippen molar-refractivity contribution in [1.82, 2.24) is 4.90 Å². The summed E-state index contributed by atoms with van der Waals surface area (Å²) in [6, 6.07) is 11.1. The molecule has 1 atom stereocenters. The van der Waals surface area contributed by atoms with E-state index in [0.717, 1.165) is 30.2 Å². The van der Waals surface area contributed by atoms with E-state index in [1.807, 2.05) is 36.1 Å². The zero-order chi connectivity index (χ0) is 21.0. The summed E-state index contributed by atoms with van der Waals surface area (Å²) in [5, 5.41) is 2.35. The highest BCUT2D eigenvalue weighted by Gasteiger charge is 2.34. The number of nitrogens with one attached hydrogen (secondary N) is 1. The van der Waals surface area contributed by atoms with Crippen molar-refractivity contribution in [2.24, 2.45) is 0 Å². The Labute approximate surface area is 172 Å². The molecule has 29 heavy (non-hydrogen) atoms. The zero-order valence-electron chi connectivity index (χ0n) is 15.9. The number of hydrogen-bond acceptors (Lipinski definition) is 3. The van der Waals surface area contributed by atoms with E-state index in [9.17, 15) is 18.0 Å². The number of ether oxygens (including phenoxy) is 1. The minimum atomic E-state index is -4.61. The number of rotatable bonds is 6. The van der Waals surface area contributed by atoms with Crippen molar-refractivity contribution in [3.8, 4) is 5.75 Å². The molecule has 0 aliphatic carbocycles. The molecule has 1 saturated heterocycles. The van der Waals surface area contributed by atoms with Crippen molar-refractivity contribution in [1.29, 1.82) is 0 Å². The van der Waals surface area contributed by atoms with Gasteiger partial charge in [-0.15, -0.1) is 0 Å². The molecule has 1 N–H and O–H groups in total. The summed E-state index contributed by atoms with van der Waals surface area (Å²) in [5.41, 5.74) is -0.187. The minimum absolute atomic E-state index is 0.0117. The second kappa shape index (κ2) is 9.05. The van der Waals surface area contributed by atoms with Gasteiger partial charge in [0.1, 0.15) is 5.75 Å². The summed E-state index contributed by atoms with van der Waals surface area (Å²) in [6.45, 7) is 3.21. The third-order valence-electron chi connectivity index (χ3n) is 4.85. The largest absolute Gasteiger partial charge is 0.494 e. The highest BCUT2D eigenvalue weighted by molar-refractivity contribution is 6.30. The Balaban J connectivity index is 1.69. The predicted molar refractivity (Wildman–Crippen MR) is 106 cm³/mol. The molecule has 0 spiro atoms. The number of alkyl halides is 3. The van der Waals surface area contributed by atoms with Gasteiger partial charge < -0.3 is 10.1 Å². The molecule has 8 heteroatoms. The van der Waals surface area contributed by atoms with Crippen molar-refractivity contribution in [2.45, 2.75) is 32.0 Å². The van der Waals surface area contributed by atoms with Crippen LogP contribution in [0.1, 0.15) is 36.9 Å². The van der Waals surface area contributed by atoms with Crippen LogP contribution in [0.4, 0.5) is 18.9 Å². The topological polar surface area (TPSA) is 41.6 Å². The molecule has 1 aliphatic heterocycles. The molecule has 1 heterocycles. The fraction of sp³-hybridized carbons (Fsp3) is 0.381. The lowest BCUT2D eigenvalue weighted by molar-refractivity contribution is -0.137. The number of likely N-dealkylation sites (tertiary alicyclic amines) is 1. The van der Waals surface area contributed by atoms with Crippen LogP contribution in [-0.4, -0.2) is 30.5 Å². The van der Waals surface area contributed by atoms with E-state index in [0.29, 0.717) is 13.2 Å². The first-order valence-corrected chi connectivity index (χ1v) is 9.79. The molecule has 2 aromatic rings. The molecule has 1 amide bonds. The van der Waals surface area contributed by atoms with E-state index in [2.05, 4.69) is 5.32 Å². The van der Waals surface area contributed by atoms with Gasteiger partial charge in [0, 0.05) is 11.1 Å². The molecule has 4 nitrogen and oxygen atoms in total. The minimum Gasteiger partial charge on any atom is -0.494 e. The number of amides is 1. The maximum absolute atomic E-state index is 13.2.